The molecule has 2 aliphatic rings. The molecule has 3 unspecified atom stereocenters. The molecule has 0 aromatic carbocycles. The van der Waals surface area contributed by atoms with Crippen molar-refractivity contribution in [3.8, 4) is 0 Å². The Morgan fingerprint density at radius 1 is 1.24 bits per heavy atom. The highest BCUT2D eigenvalue weighted by atomic mass is 16.5. The van der Waals surface area contributed by atoms with Gasteiger partial charge in [0, 0.05) is 19.7 Å². The smallest absolute Gasteiger partial charge is 0.237 e. The quantitative estimate of drug-likeness (QED) is 0.779. The maximum absolute atomic E-state index is 11.8. The summed E-state index contributed by atoms with van der Waals surface area (Å²) in [5.41, 5.74) is 0. The Bertz CT molecular complexity index is 258. The van der Waals surface area contributed by atoms with E-state index >= 15 is 0 Å². The van der Waals surface area contributed by atoms with Crippen molar-refractivity contribution >= 4 is 5.91 Å². The molecule has 2 rings (SSSR count). The Morgan fingerprint density at radius 2 is 2.12 bits per heavy atom. The van der Waals surface area contributed by atoms with E-state index in [9.17, 15) is 4.79 Å². The summed E-state index contributed by atoms with van der Waals surface area (Å²) < 4.78 is 5.42. The van der Waals surface area contributed by atoms with Gasteiger partial charge in [-0.15, -0.1) is 0 Å². The number of amides is 1. The van der Waals surface area contributed by atoms with Crippen molar-refractivity contribution in [3.05, 3.63) is 0 Å². The van der Waals surface area contributed by atoms with E-state index in [0.717, 1.165) is 38.6 Å². The van der Waals surface area contributed by atoms with E-state index in [4.69, 9.17) is 4.74 Å². The summed E-state index contributed by atoms with van der Waals surface area (Å²) in [6.07, 6.45) is 8.15. The lowest BCUT2D eigenvalue weighted by Crippen LogP contribution is -2.49. The Morgan fingerprint density at radius 3 is 2.94 bits per heavy atom. The van der Waals surface area contributed by atoms with Gasteiger partial charge in [-0.25, -0.2) is 0 Å². The van der Waals surface area contributed by atoms with Gasteiger partial charge in [0.2, 0.25) is 5.91 Å². The molecule has 0 aromatic rings. The highest BCUT2D eigenvalue weighted by Gasteiger charge is 2.27. The third kappa shape index (κ3) is 3.68. The maximum Gasteiger partial charge on any atom is 0.237 e. The molecule has 0 radical (unpaired) electrons. The van der Waals surface area contributed by atoms with Crippen LogP contribution in [0.2, 0.25) is 0 Å². The van der Waals surface area contributed by atoms with Crippen molar-refractivity contribution in [1.82, 2.24) is 10.6 Å². The molecule has 4 heteroatoms. The molecule has 4 nitrogen and oxygen atoms in total. The van der Waals surface area contributed by atoms with Crippen LogP contribution in [0.3, 0.4) is 0 Å². The van der Waals surface area contributed by atoms with E-state index in [0.29, 0.717) is 12.1 Å². The molecule has 1 amide bonds. The molecule has 1 aliphatic carbocycles. The van der Waals surface area contributed by atoms with Crippen LogP contribution in [0.15, 0.2) is 0 Å². The Hall–Kier alpha value is -0.610. The first-order valence-electron chi connectivity index (χ1n) is 6.86. The second kappa shape index (κ2) is 6.36. The summed E-state index contributed by atoms with van der Waals surface area (Å²) in [5, 5.41) is 6.50. The van der Waals surface area contributed by atoms with Gasteiger partial charge in [-0.05, 0) is 44.9 Å². The first kappa shape index (κ1) is 12.8. The largest absolute Gasteiger partial charge is 0.381 e. The monoisotopic (exact) mass is 240 g/mol. The number of rotatable bonds is 3. The predicted molar refractivity (Wildman–Crippen MR) is 66.8 cm³/mol. The predicted octanol–water partition coefficient (Wildman–Crippen LogP) is 1.20. The second-order valence-electron chi connectivity index (χ2n) is 5.23. The zero-order valence-corrected chi connectivity index (χ0v) is 10.7. The molecule has 1 aliphatic heterocycles. The molecule has 0 bridgehead atoms. The maximum atomic E-state index is 11.8. The number of carbonyl (C=O) groups is 1. The first-order chi connectivity index (χ1) is 8.29. The Labute approximate surface area is 103 Å². The van der Waals surface area contributed by atoms with Gasteiger partial charge in [0.1, 0.15) is 0 Å². The lowest BCUT2D eigenvalue weighted by atomic mass is 9.92. The molecular formula is C13H24N2O2. The standard InChI is InChI=1S/C13H24N2O2/c1-17-11-6-4-5-10(9-11)15-12-7-2-3-8-14-13(12)16/h10-12,15H,2-9H2,1H3,(H,14,16). The van der Waals surface area contributed by atoms with E-state index in [1.807, 2.05) is 0 Å². The molecule has 0 spiro atoms. The molecule has 3 atom stereocenters. The second-order valence-corrected chi connectivity index (χ2v) is 5.23. The normalized spacial score (nSPS) is 35.1. The van der Waals surface area contributed by atoms with Gasteiger partial charge in [-0.3, -0.25) is 4.79 Å². The van der Waals surface area contributed by atoms with Gasteiger partial charge in [0.25, 0.3) is 0 Å². The van der Waals surface area contributed by atoms with Gasteiger partial charge >= 0.3 is 0 Å². The van der Waals surface area contributed by atoms with E-state index in [1.54, 1.807) is 7.11 Å². The van der Waals surface area contributed by atoms with E-state index < -0.39 is 0 Å². The molecule has 2 N–H and O–H groups in total. The summed E-state index contributed by atoms with van der Waals surface area (Å²) in [4.78, 5) is 11.8. The van der Waals surface area contributed by atoms with Gasteiger partial charge in [-0.2, -0.15) is 0 Å². The molecule has 2 fully saturated rings. The highest BCUT2D eigenvalue weighted by molar-refractivity contribution is 5.81. The third-order valence-electron chi connectivity index (χ3n) is 3.93. The fraction of sp³-hybridized carbons (Fsp3) is 0.923. The van der Waals surface area contributed by atoms with Crippen LogP contribution >= 0.6 is 0 Å². The van der Waals surface area contributed by atoms with Crippen molar-refractivity contribution < 1.29 is 9.53 Å². The number of hydrogen-bond donors (Lipinski definition) is 2. The third-order valence-corrected chi connectivity index (χ3v) is 3.93. The minimum absolute atomic E-state index is 0.0121. The fourth-order valence-electron chi connectivity index (χ4n) is 2.89. The number of carbonyl (C=O) groups excluding carboxylic acids is 1. The van der Waals surface area contributed by atoms with Crippen molar-refractivity contribution in [1.29, 1.82) is 0 Å². The molecule has 0 aromatic heterocycles. The Kier molecular flexibility index (Phi) is 4.80. The lowest BCUT2D eigenvalue weighted by molar-refractivity contribution is -0.123. The SMILES string of the molecule is COC1CCCC(NC2CCCCNC2=O)C1. The minimum Gasteiger partial charge on any atom is -0.381 e. The summed E-state index contributed by atoms with van der Waals surface area (Å²) in [7, 11) is 1.78. The lowest BCUT2D eigenvalue weighted by Gasteiger charge is -2.31. The van der Waals surface area contributed by atoms with Crippen LogP contribution < -0.4 is 10.6 Å². The summed E-state index contributed by atoms with van der Waals surface area (Å²) >= 11 is 0. The number of methoxy groups -OCH3 is 1. The fourth-order valence-corrected chi connectivity index (χ4v) is 2.89. The van der Waals surface area contributed by atoms with Gasteiger partial charge in [0.05, 0.1) is 12.1 Å². The van der Waals surface area contributed by atoms with Crippen molar-refractivity contribution in [2.24, 2.45) is 0 Å². The zero-order valence-electron chi connectivity index (χ0n) is 10.7. The minimum atomic E-state index is 0.0121. The molecule has 98 valence electrons. The Balaban J connectivity index is 1.83. The summed E-state index contributed by atoms with van der Waals surface area (Å²) in [5.74, 6) is 0.182. The van der Waals surface area contributed by atoms with Crippen LogP contribution in [0.25, 0.3) is 0 Å². The molecule has 1 saturated carbocycles. The highest BCUT2D eigenvalue weighted by Crippen LogP contribution is 2.21. The van der Waals surface area contributed by atoms with Gasteiger partial charge < -0.3 is 15.4 Å². The van der Waals surface area contributed by atoms with Crippen LogP contribution in [0.4, 0.5) is 0 Å². The van der Waals surface area contributed by atoms with Crippen molar-refractivity contribution in [2.75, 3.05) is 13.7 Å². The first-order valence-corrected chi connectivity index (χ1v) is 6.86. The average molecular weight is 240 g/mol. The van der Waals surface area contributed by atoms with Gasteiger partial charge in [-0.1, -0.05) is 0 Å². The molecular weight excluding hydrogens is 216 g/mol. The van der Waals surface area contributed by atoms with E-state index in [-0.39, 0.29) is 11.9 Å². The average Bonchev–Trinajstić information content (AvgIpc) is 2.55. The van der Waals surface area contributed by atoms with Crippen LogP contribution in [-0.4, -0.2) is 37.7 Å². The van der Waals surface area contributed by atoms with Crippen LogP contribution in [0.1, 0.15) is 44.9 Å². The van der Waals surface area contributed by atoms with Gasteiger partial charge in [0.15, 0.2) is 0 Å². The van der Waals surface area contributed by atoms with Crippen molar-refractivity contribution in [2.45, 2.75) is 63.1 Å². The molecule has 17 heavy (non-hydrogen) atoms. The molecule has 1 heterocycles. The van der Waals surface area contributed by atoms with Crippen molar-refractivity contribution in [3.63, 3.8) is 0 Å². The molecule has 1 saturated heterocycles. The number of ether oxygens (including phenoxy) is 1. The number of hydrogen-bond acceptors (Lipinski definition) is 3. The summed E-state index contributed by atoms with van der Waals surface area (Å²) in [6, 6.07) is 0.459. The van der Waals surface area contributed by atoms with Crippen LogP contribution in [0.5, 0.6) is 0 Å². The van der Waals surface area contributed by atoms with E-state index in [2.05, 4.69) is 10.6 Å². The van der Waals surface area contributed by atoms with Crippen LogP contribution in [0, 0.1) is 0 Å². The van der Waals surface area contributed by atoms with Crippen LogP contribution in [-0.2, 0) is 9.53 Å². The number of nitrogens with one attached hydrogen (secondary N) is 2. The summed E-state index contributed by atoms with van der Waals surface area (Å²) in [6.45, 7) is 0.836. The van der Waals surface area contributed by atoms with E-state index in [1.165, 1.54) is 12.8 Å². The zero-order chi connectivity index (χ0) is 12.1. The topological polar surface area (TPSA) is 50.4 Å².